The Morgan fingerprint density at radius 2 is 2.07 bits per heavy atom. The third-order valence-corrected chi connectivity index (χ3v) is 3.89. The van der Waals surface area contributed by atoms with Gasteiger partial charge >= 0.3 is 0 Å². The molecule has 0 aromatic carbocycles. The standard InChI is InChI=1S/C9H20N2O2S/c1-8(7-9-3-4-9)11-14(12,13)6-5-10-2/h8-11H,3-7H2,1-2H3. The molecule has 4 nitrogen and oxygen atoms in total. The molecule has 0 aromatic rings. The van der Waals surface area contributed by atoms with Crippen LogP contribution in [0.2, 0.25) is 0 Å². The Morgan fingerprint density at radius 3 is 2.57 bits per heavy atom. The summed E-state index contributed by atoms with van der Waals surface area (Å²) in [6.07, 6.45) is 3.52. The lowest BCUT2D eigenvalue weighted by atomic mass is 10.2. The second-order valence-corrected chi connectivity index (χ2v) is 5.99. The van der Waals surface area contributed by atoms with Crippen molar-refractivity contribution in [2.24, 2.45) is 5.92 Å². The van der Waals surface area contributed by atoms with E-state index in [0.29, 0.717) is 6.54 Å². The van der Waals surface area contributed by atoms with Crippen LogP contribution in [0.15, 0.2) is 0 Å². The Labute approximate surface area is 86.5 Å². The highest BCUT2D eigenvalue weighted by Crippen LogP contribution is 2.33. The van der Waals surface area contributed by atoms with Gasteiger partial charge in [-0.25, -0.2) is 13.1 Å². The van der Waals surface area contributed by atoms with Crippen molar-refractivity contribution in [2.45, 2.75) is 32.2 Å². The maximum atomic E-state index is 11.5. The first-order valence-electron chi connectivity index (χ1n) is 5.18. The zero-order valence-electron chi connectivity index (χ0n) is 8.91. The van der Waals surface area contributed by atoms with Crippen LogP contribution in [0.4, 0.5) is 0 Å². The van der Waals surface area contributed by atoms with Crippen LogP contribution in [0, 0.1) is 5.92 Å². The van der Waals surface area contributed by atoms with Crippen LogP contribution in [0.25, 0.3) is 0 Å². The predicted molar refractivity (Wildman–Crippen MR) is 57.7 cm³/mol. The van der Waals surface area contributed by atoms with E-state index in [-0.39, 0.29) is 11.8 Å². The fraction of sp³-hybridized carbons (Fsp3) is 1.00. The minimum atomic E-state index is -3.07. The van der Waals surface area contributed by atoms with Crippen molar-refractivity contribution < 1.29 is 8.42 Å². The summed E-state index contributed by atoms with van der Waals surface area (Å²) in [5, 5.41) is 2.83. The van der Waals surface area contributed by atoms with Gasteiger partial charge in [-0.15, -0.1) is 0 Å². The Hall–Kier alpha value is -0.130. The lowest BCUT2D eigenvalue weighted by Crippen LogP contribution is -2.37. The molecule has 1 aliphatic carbocycles. The van der Waals surface area contributed by atoms with E-state index in [4.69, 9.17) is 0 Å². The molecule has 0 radical (unpaired) electrons. The van der Waals surface area contributed by atoms with Gasteiger partial charge < -0.3 is 5.32 Å². The van der Waals surface area contributed by atoms with Crippen molar-refractivity contribution in [3.63, 3.8) is 0 Å². The Kier molecular flexibility index (Phi) is 4.34. The maximum Gasteiger partial charge on any atom is 0.213 e. The highest BCUT2D eigenvalue weighted by atomic mass is 32.2. The molecular weight excluding hydrogens is 200 g/mol. The van der Waals surface area contributed by atoms with E-state index in [0.717, 1.165) is 12.3 Å². The van der Waals surface area contributed by atoms with Gasteiger partial charge in [-0.05, 0) is 26.3 Å². The van der Waals surface area contributed by atoms with E-state index in [9.17, 15) is 8.42 Å². The predicted octanol–water partition coefficient (Wildman–Crippen LogP) is 0.314. The second kappa shape index (κ2) is 5.09. The average Bonchev–Trinajstić information content (AvgIpc) is 2.83. The molecule has 5 heteroatoms. The van der Waals surface area contributed by atoms with Gasteiger partial charge in [-0.2, -0.15) is 0 Å². The minimum absolute atomic E-state index is 0.0874. The Morgan fingerprint density at radius 1 is 1.43 bits per heavy atom. The fourth-order valence-corrected chi connectivity index (χ4v) is 2.80. The summed E-state index contributed by atoms with van der Waals surface area (Å²) < 4.78 is 25.6. The summed E-state index contributed by atoms with van der Waals surface area (Å²) in [6.45, 7) is 2.45. The third kappa shape index (κ3) is 4.93. The lowest BCUT2D eigenvalue weighted by Gasteiger charge is -2.13. The molecule has 1 fully saturated rings. The molecule has 14 heavy (non-hydrogen) atoms. The first-order chi connectivity index (χ1) is 6.53. The molecule has 0 bridgehead atoms. The van der Waals surface area contributed by atoms with Gasteiger partial charge in [0.05, 0.1) is 5.75 Å². The summed E-state index contributed by atoms with van der Waals surface area (Å²) >= 11 is 0. The van der Waals surface area contributed by atoms with Crippen LogP contribution in [0.1, 0.15) is 26.2 Å². The first kappa shape index (κ1) is 11.9. The zero-order valence-corrected chi connectivity index (χ0v) is 9.73. The molecule has 2 N–H and O–H groups in total. The summed E-state index contributed by atoms with van der Waals surface area (Å²) in [6, 6.07) is 0.0874. The van der Waals surface area contributed by atoms with Crippen molar-refractivity contribution in [2.75, 3.05) is 19.3 Å². The minimum Gasteiger partial charge on any atom is -0.319 e. The lowest BCUT2D eigenvalue weighted by molar-refractivity contribution is 0.529. The molecule has 1 saturated carbocycles. The number of hydrogen-bond acceptors (Lipinski definition) is 3. The highest BCUT2D eigenvalue weighted by Gasteiger charge is 2.25. The molecule has 0 saturated heterocycles. The maximum absolute atomic E-state index is 11.5. The van der Waals surface area contributed by atoms with E-state index in [2.05, 4.69) is 10.0 Å². The zero-order chi connectivity index (χ0) is 10.6. The fourth-order valence-electron chi connectivity index (χ4n) is 1.50. The summed E-state index contributed by atoms with van der Waals surface area (Å²) in [4.78, 5) is 0. The van der Waals surface area contributed by atoms with E-state index in [1.54, 1.807) is 7.05 Å². The molecule has 0 amide bonds. The normalized spacial score (nSPS) is 19.6. The Bertz CT molecular complexity index is 260. The molecule has 1 unspecified atom stereocenters. The van der Waals surface area contributed by atoms with Gasteiger partial charge in [0.1, 0.15) is 0 Å². The van der Waals surface area contributed by atoms with Crippen LogP contribution in [0.5, 0.6) is 0 Å². The van der Waals surface area contributed by atoms with Crippen LogP contribution in [-0.4, -0.2) is 33.8 Å². The molecular formula is C9H20N2O2S. The van der Waals surface area contributed by atoms with Gasteiger partial charge in [-0.3, -0.25) is 0 Å². The summed E-state index contributed by atoms with van der Waals surface area (Å²) in [7, 11) is -1.32. The van der Waals surface area contributed by atoms with E-state index in [1.165, 1.54) is 12.8 Å². The quantitative estimate of drug-likeness (QED) is 0.649. The van der Waals surface area contributed by atoms with Crippen molar-refractivity contribution in [3.05, 3.63) is 0 Å². The van der Waals surface area contributed by atoms with Crippen molar-refractivity contribution in [1.82, 2.24) is 10.0 Å². The van der Waals surface area contributed by atoms with E-state index >= 15 is 0 Å². The highest BCUT2D eigenvalue weighted by molar-refractivity contribution is 7.89. The molecule has 0 aromatic heterocycles. The monoisotopic (exact) mass is 220 g/mol. The van der Waals surface area contributed by atoms with Crippen molar-refractivity contribution >= 4 is 10.0 Å². The van der Waals surface area contributed by atoms with E-state index in [1.807, 2.05) is 6.92 Å². The Balaban J connectivity index is 2.25. The molecule has 0 heterocycles. The first-order valence-corrected chi connectivity index (χ1v) is 6.83. The summed E-state index contributed by atoms with van der Waals surface area (Å²) in [5.74, 6) is 0.926. The molecule has 84 valence electrons. The second-order valence-electron chi connectivity index (χ2n) is 4.12. The van der Waals surface area contributed by atoms with Crippen molar-refractivity contribution in [3.8, 4) is 0 Å². The average molecular weight is 220 g/mol. The smallest absolute Gasteiger partial charge is 0.213 e. The van der Waals surface area contributed by atoms with Crippen LogP contribution >= 0.6 is 0 Å². The number of hydrogen-bond donors (Lipinski definition) is 2. The summed E-state index contributed by atoms with van der Waals surface area (Å²) in [5.41, 5.74) is 0. The molecule has 0 spiro atoms. The number of sulfonamides is 1. The van der Waals surface area contributed by atoms with Gasteiger partial charge in [0.15, 0.2) is 0 Å². The molecule has 1 aliphatic rings. The molecule has 1 rings (SSSR count). The van der Waals surface area contributed by atoms with E-state index < -0.39 is 10.0 Å². The molecule has 1 atom stereocenters. The van der Waals surface area contributed by atoms with Crippen LogP contribution in [0.3, 0.4) is 0 Å². The van der Waals surface area contributed by atoms with Crippen LogP contribution < -0.4 is 10.0 Å². The molecule has 0 aliphatic heterocycles. The van der Waals surface area contributed by atoms with Crippen LogP contribution in [-0.2, 0) is 10.0 Å². The SMILES string of the molecule is CNCCS(=O)(=O)NC(C)CC1CC1. The van der Waals surface area contributed by atoms with Gasteiger partial charge in [0, 0.05) is 12.6 Å². The van der Waals surface area contributed by atoms with Crippen molar-refractivity contribution in [1.29, 1.82) is 0 Å². The van der Waals surface area contributed by atoms with Gasteiger partial charge in [0.25, 0.3) is 0 Å². The number of rotatable bonds is 7. The third-order valence-electron chi connectivity index (χ3n) is 2.39. The van der Waals surface area contributed by atoms with Gasteiger partial charge in [-0.1, -0.05) is 12.8 Å². The van der Waals surface area contributed by atoms with Gasteiger partial charge in [0.2, 0.25) is 10.0 Å². The largest absolute Gasteiger partial charge is 0.319 e. The number of nitrogens with one attached hydrogen (secondary N) is 2. The topological polar surface area (TPSA) is 58.2 Å².